The summed E-state index contributed by atoms with van der Waals surface area (Å²) in [5, 5.41) is 3.73. The van der Waals surface area contributed by atoms with Gasteiger partial charge in [0.05, 0.1) is 10.9 Å². The lowest BCUT2D eigenvalue weighted by Gasteiger charge is -2.46. The molecule has 0 bridgehead atoms. The summed E-state index contributed by atoms with van der Waals surface area (Å²) >= 11 is 8.01. The summed E-state index contributed by atoms with van der Waals surface area (Å²) in [6, 6.07) is 6.99. The predicted molar refractivity (Wildman–Crippen MR) is 104 cm³/mol. The quantitative estimate of drug-likeness (QED) is 0.853. The van der Waals surface area contributed by atoms with E-state index < -0.39 is 0 Å². The first-order chi connectivity index (χ1) is 12.0. The molecule has 0 unspecified atom stereocenters. The van der Waals surface area contributed by atoms with E-state index in [4.69, 9.17) is 16.3 Å². The highest BCUT2D eigenvalue weighted by Gasteiger charge is 2.46. The standard InChI is InChI=1S/C19H24ClN3OS/c1-12-9-19(18-13(6-7-24-19)8-16(20)25-18)10-15(22-12)14-4-5-17(21-11-14)23(2)3/h4-5,8,11-12,15,22H,6-7,9-10H2,1-3H3/t12-,15-,19-/m0/s1. The fourth-order valence-electron chi connectivity index (χ4n) is 4.14. The number of hydrogen-bond donors (Lipinski definition) is 1. The van der Waals surface area contributed by atoms with Gasteiger partial charge in [0.15, 0.2) is 0 Å². The van der Waals surface area contributed by atoms with Crippen LogP contribution in [0.1, 0.15) is 41.8 Å². The number of nitrogens with zero attached hydrogens (tertiary/aromatic N) is 2. The molecule has 1 spiro atoms. The molecule has 0 amide bonds. The van der Waals surface area contributed by atoms with Crippen LogP contribution in [0.15, 0.2) is 24.4 Å². The van der Waals surface area contributed by atoms with Gasteiger partial charge in [-0.15, -0.1) is 11.3 Å². The molecule has 2 aromatic rings. The lowest BCUT2D eigenvalue weighted by molar-refractivity contribution is -0.0954. The van der Waals surface area contributed by atoms with E-state index >= 15 is 0 Å². The largest absolute Gasteiger partial charge is 0.369 e. The number of nitrogens with one attached hydrogen (secondary N) is 1. The molecule has 4 nitrogen and oxygen atoms in total. The number of fused-ring (bicyclic) bond motifs is 2. The molecule has 2 aliphatic heterocycles. The molecule has 1 N–H and O–H groups in total. The summed E-state index contributed by atoms with van der Waals surface area (Å²) in [5.41, 5.74) is 2.37. The normalized spacial score (nSPS) is 28.8. The molecule has 1 fully saturated rings. The van der Waals surface area contributed by atoms with Crippen molar-refractivity contribution in [2.24, 2.45) is 0 Å². The van der Waals surface area contributed by atoms with Gasteiger partial charge in [-0.1, -0.05) is 17.7 Å². The van der Waals surface area contributed by atoms with Crippen LogP contribution in [-0.2, 0) is 16.8 Å². The number of anilines is 1. The van der Waals surface area contributed by atoms with E-state index in [1.807, 2.05) is 25.2 Å². The molecule has 25 heavy (non-hydrogen) atoms. The second-order valence-corrected chi connectivity index (χ2v) is 9.05. The van der Waals surface area contributed by atoms with Crippen LogP contribution >= 0.6 is 22.9 Å². The van der Waals surface area contributed by atoms with Gasteiger partial charge in [-0.05, 0) is 43.0 Å². The van der Waals surface area contributed by atoms with Crippen molar-refractivity contribution in [3.63, 3.8) is 0 Å². The Hall–Kier alpha value is -1.14. The van der Waals surface area contributed by atoms with Gasteiger partial charge in [0.2, 0.25) is 0 Å². The van der Waals surface area contributed by atoms with Crippen molar-refractivity contribution in [3.8, 4) is 0 Å². The number of halogens is 1. The van der Waals surface area contributed by atoms with Crippen LogP contribution in [0.3, 0.4) is 0 Å². The Kier molecular flexibility index (Phi) is 4.52. The van der Waals surface area contributed by atoms with Crippen molar-refractivity contribution in [1.29, 1.82) is 0 Å². The van der Waals surface area contributed by atoms with Gasteiger partial charge in [0, 0.05) is 43.7 Å². The number of piperidine rings is 1. The van der Waals surface area contributed by atoms with Gasteiger partial charge >= 0.3 is 0 Å². The van der Waals surface area contributed by atoms with E-state index in [0.29, 0.717) is 6.04 Å². The number of hydrogen-bond acceptors (Lipinski definition) is 5. The second kappa shape index (κ2) is 6.54. The summed E-state index contributed by atoms with van der Waals surface area (Å²) in [6.07, 6.45) is 4.86. The monoisotopic (exact) mass is 377 g/mol. The molecule has 1 saturated heterocycles. The molecule has 3 atom stereocenters. The fourth-order valence-corrected chi connectivity index (χ4v) is 5.61. The van der Waals surface area contributed by atoms with Gasteiger partial charge in [0.25, 0.3) is 0 Å². The topological polar surface area (TPSA) is 37.4 Å². The van der Waals surface area contributed by atoms with Gasteiger partial charge in [-0.25, -0.2) is 4.98 Å². The summed E-state index contributed by atoms with van der Waals surface area (Å²) in [4.78, 5) is 7.94. The molecule has 0 saturated carbocycles. The maximum Gasteiger partial charge on any atom is 0.127 e. The third kappa shape index (κ3) is 3.19. The molecule has 2 aliphatic rings. The summed E-state index contributed by atoms with van der Waals surface area (Å²) in [7, 11) is 4.02. The number of rotatable bonds is 2. The van der Waals surface area contributed by atoms with Crippen molar-refractivity contribution >= 4 is 28.8 Å². The van der Waals surface area contributed by atoms with Crippen molar-refractivity contribution in [1.82, 2.24) is 10.3 Å². The molecule has 134 valence electrons. The van der Waals surface area contributed by atoms with Crippen LogP contribution < -0.4 is 10.2 Å². The first kappa shape index (κ1) is 17.3. The molecule has 4 heterocycles. The van der Waals surface area contributed by atoms with E-state index in [1.165, 1.54) is 16.0 Å². The third-order valence-corrected chi connectivity index (χ3v) is 6.72. The summed E-state index contributed by atoms with van der Waals surface area (Å²) in [6.45, 7) is 3.01. The van der Waals surface area contributed by atoms with Gasteiger partial charge in [-0.3, -0.25) is 0 Å². The average Bonchev–Trinajstić information content (AvgIpc) is 2.96. The maximum absolute atomic E-state index is 6.41. The Morgan fingerprint density at radius 2 is 2.20 bits per heavy atom. The lowest BCUT2D eigenvalue weighted by Crippen LogP contribution is -2.49. The zero-order valence-electron chi connectivity index (χ0n) is 14.9. The van der Waals surface area contributed by atoms with E-state index in [0.717, 1.165) is 36.0 Å². The van der Waals surface area contributed by atoms with Crippen LogP contribution in [0.5, 0.6) is 0 Å². The van der Waals surface area contributed by atoms with Crippen LogP contribution in [0.4, 0.5) is 5.82 Å². The van der Waals surface area contributed by atoms with Crippen molar-refractivity contribution in [2.45, 2.75) is 43.9 Å². The van der Waals surface area contributed by atoms with E-state index in [9.17, 15) is 0 Å². The van der Waals surface area contributed by atoms with E-state index in [-0.39, 0.29) is 11.6 Å². The highest BCUT2D eigenvalue weighted by molar-refractivity contribution is 7.16. The highest BCUT2D eigenvalue weighted by atomic mass is 35.5. The van der Waals surface area contributed by atoms with Crippen LogP contribution in [-0.4, -0.2) is 31.7 Å². The predicted octanol–water partition coefficient (Wildman–Crippen LogP) is 4.14. The number of thiophene rings is 1. The Bertz CT molecular complexity index is 761. The molecule has 2 aromatic heterocycles. The van der Waals surface area contributed by atoms with Gasteiger partial charge in [0.1, 0.15) is 11.4 Å². The second-order valence-electron chi connectivity index (χ2n) is 7.37. The van der Waals surface area contributed by atoms with E-state index in [2.05, 4.69) is 35.4 Å². The Balaban J connectivity index is 1.66. The van der Waals surface area contributed by atoms with Crippen molar-refractivity contribution in [3.05, 3.63) is 44.7 Å². The first-order valence-electron chi connectivity index (χ1n) is 8.79. The zero-order valence-corrected chi connectivity index (χ0v) is 16.5. The Morgan fingerprint density at radius 1 is 1.36 bits per heavy atom. The minimum Gasteiger partial charge on any atom is -0.369 e. The fraction of sp³-hybridized carbons (Fsp3) is 0.526. The molecule has 0 aliphatic carbocycles. The molecule has 0 aromatic carbocycles. The highest BCUT2D eigenvalue weighted by Crippen LogP contribution is 2.49. The first-order valence-corrected chi connectivity index (χ1v) is 9.98. The molecular weight excluding hydrogens is 354 g/mol. The minimum atomic E-state index is -0.221. The average molecular weight is 378 g/mol. The van der Waals surface area contributed by atoms with Gasteiger partial charge < -0.3 is 15.0 Å². The maximum atomic E-state index is 6.41. The number of ether oxygens (including phenoxy) is 1. The van der Waals surface area contributed by atoms with Gasteiger partial charge in [-0.2, -0.15) is 0 Å². The summed E-state index contributed by atoms with van der Waals surface area (Å²) < 4.78 is 7.28. The summed E-state index contributed by atoms with van der Waals surface area (Å²) in [5.74, 6) is 0.976. The van der Waals surface area contributed by atoms with E-state index in [1.54, 1.807) is 11.3 Å². The smallest absolute Gasteiger partial charge is 0.127 e. The third-order valence-electron chi connectivity index (χ3n) is 5.23. The Morgan fingerprint density at radius 3 is 2.92 bits per heavy atom. The molecule has 4 rings (SSSR count). The van der Waals surface area contributed by atoms with Crippen molar-refractivity contribution in [2.75, 3.05) is 25.6 Å². The number of pyridine rings is 1. The van der Waals surface area contributed by atoms with Crippen LogP contribution in [0, 0.1) is 0 Å². The minimum absolute atomic E-state index is 0.221. The van der Waals surface area contributed by atoms with Crippen LogP contribution in [0.25, 0.3) is 0 Å². The molecule has 6 heteroatoms. The number of aromatic nitrogens is 1. The SMILES string of the molecule is C[C@H]1C[C@@]2(C[C@@H](c3ccc(N(C)C)nc3)N1)OCCc1cc(Cl)sc12. The van der Waals surface area contributed by atoms with Crippen molar-refractivity contribution < 1.29 is 4.74 Å². The Labute approximate surface area is 158 Å². The van der Waals surface area contributed by atoms with Crippen LogP contribution in [0.2, 0.25) is 4.34 Å². The molecular formula is C19H24ClN3OS. The zero-order chi connectivity index (χ0) is 17.6. The lowest BCUT2D eigenvalue weighted by atomic mass is 9.78. The molecule has 0 radical (unpaired) electrons.